The van der Waals surface area contributed by atoms with Crippen molar-refractivity contribution in [3.05, 3.63) is 69.2 Å². The molecule has 2 aromatic heterocycles. The number of carbonyl (C=O) groups excluding carboxylic acids is 1. The number of rotatable bonds is 5. The van der Waals surface area contributed by atoms with E-state index in [4.69, 9.17) is 21.1 Å². The lowest BCUT2D eigenvalue weighted by molar-refractivity contribution is -0.170. The predicted octanol–water partition coefficient (Wildman–Crippen LogP) is 4.11. The third-order valence-electron chi connectivity index (χ3n) is 6.70. The van der Waals surface area contributed by atoms with Gasteiger partial charge in [-0.1, -0.05) is 44.5 Å². The highest BCUT2D eigenvalue weighted by Crippen LogP contribution is 2.43. The summed E-state index contributed by atoms with van der Waals surface area (Å²) in [7, 11) is 0. The first-order valence-electron chi connectivity index (χ1n) is 10.9. The molecule has 170 valence electrons. The van der Waals surface area contributed by atoms with Crippen LogP contribution in [0.3, 0.4) is 0 Å². The standard InChI is InChI=1S/C24H28ClN3O4/c1-14-15(2)21(13-31-17(4)29)32-23(16(14)3)18-8-9-20(25)19(11-18)12-28-24(30)27-10-6-5-7-22(27)26-28/h5-11,14-16,21,23H,12-13H2,1-4H3/t14-,15+,16?,21?,23+/m0/s1. The molecule has 7 nitrogen and oxygen atoms in total. The van der Waals surface area contributed by atoms with Crippen molar-refractivity contribution in [1.29, 1.82) is 0 Å². The molecule has 4 rings (SSSR count). The van der Waals surface area contributed by atoms with Gasteiger partial charge in [0, 0.05) is 18.1 Å². The predicted molar refractivity (Wildman–Crippen MR) is 122 cm³/mol. The topological polar surface area (TPSA) is 74.8 Å². The third-order valence-corrected chi connectivity index (χ3v) is 7.07. The minimum absolute atomic E-state index is 0.171. The van der Waals surface area contributed by atoms with Crippen LogP contribution in [-0.2, 0) is 20.8 Å². The number of ether oxygens (including phenoxy) is 2. The number of pyridine rings is 1. The molecule has 0 saturated carbocycles. The Labute approximate surface area is 191 Å². The molecule has 3 aromatic rings. The molecular weight excluding hydrogens is 430 g/mol. The zero-order valence-corrected chi connectivity index (χ0v) is 19.5. The maximum Gasteiger partial charge on any atom is 0.350 e. The summed E-state index contributed by atoms with van der Waals surface area (Å²) < 4.78 is 14.6. The molecule has 3 heterocycles. The summed E-state index contributed by atoms with van der Waals surface area (Å²) in [6, 6.07) is 11.2. The van der Waals surface area contributed by atoms with E-state index in [2.05, 4.69) is 25.9 Å². The van der Waals surface area contributed by atoms with Gasteiger partial charge in [0.15, 0.2) is 5.65 Å². The molecule has 32 heavy (non-hydrogen) atoms. The van der Waals surface area contributed by atoms with E-state index in [1.165, 1.54) is 16.0 Å². The van der Waals surface area contributed by atoms with E-state index in [0.29, 0.717) is 16.6 Å². The van der Waals surface area contributed by atoms with Crippen LogP contribution in [-0.4, -0.2) is 32.9 Å². The highest BCUT2D eigenvalue weighted by Gasteiger charge is 2.40. The summed E-state index contributed by atoms with van der Waals surface area (Å²) in [6.07, 6.45) is 1.34. The van der Waals surface area contributed by atoms with Gasteiger partial charge in [0.2, 0.25) is 0 Å². The van der Waals surface area contributed by atoms with Crippen LogP contribution in [0.25, 0.3) is 5.65 Å². The molecule has 1 fully saturated rings. The fourth-order valence-corrected chi connectivity index (χ4v) is 4.60. The number of fused-ring (bicyclic) bond motifs is 1. The van der Waals surface area contributed by atoms with Gasteiger partial charge in [-0.3, -0.25) is 9.20 Å². The van der Waals surface area contributed by atoms with Crippen LogP contribution >= 0.6 is 11.6 Å². The molecule has 0 amide bonds. The van der Waals surface area contributed by atoms with E-state index < -0.39 is 0 Å². The first-order valence-corrected chi connectivity index (χ1v) is 11.3. The zero-order valence-electron chi connectivity index (χ0n) is 18.7. The van der Waals surface area contributed by atoms with Gasteiger partial charge in [0.05, 0.1) is 18.8 Å². The lowest BCUT2D eigenvalue weighted by Crippen LogP contribution is -2.43. The highest BCUT2D eigenvalue weighted by atomic mass is 35.5. The number of carbonyl (C=O) groups is 1. The Morgan fingerprint density at radius 3 is 2.66 bits per heavy atom. The van der Waals surface area contributed by atoms with Gasteiger partial charge in [-0.05, 0) is 53.1 Å². The average molecular weight is 458 g/mol. The Kier molecular flexibility index (Phi) is 6.40. The van der Waals surface area contributed by atoms with E-state index in [1.54, 1.807) is 18.3 Å². The van der Waals surface area contributed by atoms with E-state index in [-0.39, 0.29) is 48.9 Å². The third kappa shape index (κ3) is 4.32. The first-order chi connectivity index (χ1) is 15.3. The summed E-state index contributed by atoms with van der Waals surface area (Å²) >= 11 is 6.49. The molecule has 0 radical (unpaired) electrons. The van der Waals surface area contributed by atoms with Gasteiger partial charge in [-0.15, -0.1) is 5.10 Å². The van der Waals surface area contributed by atoms with E-state index in [1.807, 2.05) is 24.3 Å². The van der Waals surface area contributed by atoms with Crippen molar-refractivity contribution in [2.45, 2.75) is 46.4 Å². The van der Waals surface area contributed by atoms with Crippen LogP contribution in [0.15, 0.2) is 47.4 Å². The van der Waals surface area contributed by atoms with Gasteiger partial charge < -0.3 is 9.47 Å². The number of hydrogen-bond donors (Lipinski definition) is 0. The van der Waals surface area contributed by atoms with Crippen molar-refractivity contribution >= 4 is 23.2 Å². The first kappa shape index (κ1) is 22.6. The maximum atomic E-state index is 12.7. The van der Waals surface area contributed by atoms with Gasteiger partial charge in [0.1, 0.15) is 6.61 Å². The molecule has 0 N–H and O–H groups in total. The molecule has 1 saturated heterocycles. The summed E-state index contributed by atoms with van der Waals surface area (Å²) in [4.78, 5) is 24.0. The van der Waals surface area contributed by atoms with E-state index in [9.17, 15) is 9.59 Å². The fraction of sp³-hybridized carbons (Fsp3) is 0.458. The number of nitrogens with zero attached hydrogens (tertiary/aromatic N) is 3. The average Bonchev–Trinajstić information content (AvgIpc) is 3.09. The number of benzene rings is 1. The smallest absolute Gasteiger partial charge is 0.350 e. The van der Waals surface area contributed by atoms with Crippen LogP contribution in [0.4, 0.5) is 0 Å². The molecular formula is C24H28ClN3O4. The highest BCUT2D eigenvalue weighted by molar-refractivity contribution is 6.31. The Morgan fingerprint density at radius 2 is 1.94 bits per heavy atom. The second-order valence-electron chi connectivity index (χ2n) is 8.69. The molecule has 0 bridgehead atoms. The quantitative estimate of drug-likeness (QED) is 0.539. The van der Waals surface area contributed by atoms with Crippen LogP contribution in [0, 0.1) is 17.8 Å². The lowest BCUT2D eigenvalue weighted by Gasteiger charge is -2.43. The molecule has 0 spiro atoms. The van der Waals surface area contributed by atoms with Crippen molar-refractivity contribution < 1.29 is 14.3 Å². The number of esters is 1. The fourth-order valence-electron chi connectivity index (χ4n) is 4.43. The van der Waals surface area contributed by atoms with Crippen molar-refractivity contribution in [2.75, 3.05) is 6.61 Å². The largest absolute Gasteiger partial charge is 0.463 e. The van der Waals surface area contributed by atoms with Gasteiger partial charge in [-0.2, -0.15) is 0 Å². The Bertz CT molecular complexity index is 1190. The molecule has 1 aliphatic rings. The van der Waals surface area contributed by atoms with Gasteiger partial charge in [0.25, 0.3) is 0 Å². The normalized spacial score (nSPS) is 25.7. The number of aromatic nitrogens is 3. The van der Waals surface area contributed by atoms with Crippen molar-refractivity contribution in [2.24, 2.45) is 17.8 Å². The molecule has 5 atom stereocenters. The second-order valence-corrected chi connectivity index (χ2v) is 9.10. The van der Waals surface area contributed by atoms with Crippen LogP contribution in [0.5, 0.6) is 0 Å². The molecule has 0 aliphatic carbocycles. The Balaban J connectivity index is 1.62. The maximum absolute atomic E-state index is 12.7. The summed E-state index contributed by atoms with van der Waals surface area (Å²) in [5.74, 6) is 0.569. The SMILES string of the molecule is CC(=O)OCC1O[C@@H](c2ccc(Cl)c(Cn3nc4ccccn4c3=O)c2)C(C)[C@@H](C)[C@H]1C. The summed E-state index contributed by atoms with van der Waals surface area (Å²) in [5.41, 5.74) is 2.16. The second kappa shape index (κ2) is 9.08. The zero-order chi connectivity index (χ0) is 23.0. The molecule has 1 aliphatic heterocycles. The minimum atomic E-state index is -0.310. The number of hydrogen-bond acceptors (Lipinski definition) is 5. The van der Waals surface area contributed by atoms with Crippen LogP contribution in [0.1, 0.15) is 44.9 Å². The van der Waals surface area contributed by atoms with Crippen molar-refractivity contribution in [3.8, 4) is 0 Å². The summed E-state index contributed by atoms with van der Waals surface area (Å²) in [6.45, 7) is 8.42. The van der Waals surface area contributed by atoms with Crippen molar-refractivity contribution in [3.63, 3.8) is 0 Å². The molecule has 8 heteroatoms. The molecule has 1 aromatic carbocycles. The van der Waals surface area contributed by atoms with Crippen LogP contribution in [0.2, 0.25) is 5.02 Å². The summed E-state index contributed by atoms with van der Waals surface area (Å²) in [5, 5.41) is 4.98. The lowest BCUT2D eigenvalue weighted by atomic mass is 9.75. The van der Waals surface area contributed by atoms with Gasteiger partial charge >= 0.3 is 11.7 Å². The van der Waals surface area contributed by atoms with E-state index in [0.717, 1.165) is 11.1 Å². The molecule has 2 unspecified atom stereocenters. The minimum Gasteiger partial charge on any atom is -0.463 e. The van der Waals surface area contributed by atoms with E-state index >= 15 is 0 Å². The monoisotopic (exact) mass is 457 g/mol. The van der Waals surface area contributed by atoms with Crippen LogP contribution < -0.4 is 5.69 Å². The Morgan fingerprint density at radius 1 is 1.16 bits per heavy atom. The van der Waals surface area contributed by atoms with Crippen molar-refractivity contribution in [1.82, 2.24) is 14.2 Å². The van der Waals surface area contributed by atoms with Gasteiger partial charge in [-0.25, -0.2) is 9.48 Å². The Hall–Kier alpha value is -2.64. The number of halogens is 1.